The zero-order chi connectivity index (χ0) is 12.8. The lowest BCUT2D eigenvalue weighted by atomic mass is 9.99. The average Bonchev–Trinajstić information content (AvgIpc) is 2.90. The van der Waals surface area contributed by atoms with Crippen molar-refractivity contribution in [1.82, 2.24) is 4.90 Å². The minimum Gasteiger partial charge on any atom is -0.339 e. The van der Waals surface area contributed by atoms with Crippen LogP contribution in [0.4, 0.5) is 0 Å². The second kappa shape index (κ2) is 7.24. The lowest BCUT2D eigenvalue weighted by Crippen LogP contribution is -2.38. The van der Waals surface area contributed by atoms with Crippen molar-refractivity contribution in [2.45, 2.75) is 19.8 Å². The van der Waals surface area contributed by atoms with Crippen molar-refractivity contribution in [2.75, 3.05) is 31.1 Å². The summed E-state index contributed by atoms with van der Waals surface area (Å²) >= 11 is 3.79. The molecule has 0 unspecified atom stereocenters. The van der Waals surface area contributed by atoms with Gasteiger partial charge in [-0.15, -0.1) is 0 Å². The van der Waals surface area contributed by atoms with E-state index in [4.69, 9.17) is 0 Å². The van der Waals surface area contributed by atoms with E-state index in [1.54, 1.807) is 6.08 Å². The van der Waals surface area contributed by atoms with Crippen LogP contribution in [0.3, 0.4) is 0 Å². The van der Waals surface area contributed by atoms with Gasteiger partial charge in [0.15, 0.2) is 0 Å². The predicted molar refractivity (Wildman–Crippen MR) is 81.3 cm³/mol. The first-order valence-electron chi connectivity index (χ1n) is 6.51. The van der Waals surface area contributed by atoms with E-state index < -0.39 is 0 Å². The first-order valence-corrected chi connectivity index (χ1v) is 8.48. The highest BCUT2D eigenvalue weighted by Crippen LogP contribution is 2.27. The number of allylic oxidation sites excluding steroid dienone is 1. The molecule has 0 aromatic heterocycles. The molecular formula is C13H20N2OS2. The molecule has 1 fully saturated rings. The van der Waals surface area contributed by atoms with Crippen molar-refractivity contribution >= 4 is 33.8 Å². The standard InChI is InChI=1S/C13H20N2OS2/c1-2-3-12(16)15-7-4-11(5-8-15)10-18-13-14-6-9-17-13/h2-3,11H,4-10H2,1H3. The Kier molecular flexibility index (Phi) is 5.63. The van der Waals surface area contributed by atoms with Gasteiger partial charge in [0.25, 0.3) is 0 Å². The Balaban J connectivity index is 1.68. The Morgan fingerprint density at radius 1 is 1.56 bits per heavy atom. The molecule has 0 spiro atoms. The van der Waals surface area contributed by atoms with Gasteiger partial charge in [0.1, 0.15) is 4.38 Å². The van der Waals surface area contributed by atoms with E-state index in [-0.39, 0.29) is 5.91 Å². The molecule has 100 valence electrons. The number of carbonyl (C=O) groups excluding carboxylic acids is 1. The van der Waals surface area contributed by atoms with Crippen molar-refractivity contribution in [2.24, 2.45) is 10.9 Å². The van der Waals surface area contributed by atoms with Gasteiger partial charge < -0.3 is 4.90 Å². The van der Waals surface area contributed by atoms with Crippen LogP contribution in [-0.2, 0) is 4.79 Å². The summed E-state index contributed by atoms with van der Waals surface area (Å²) in [6.07, 6.45) is 5.75. The van der Waals surface area contributed by atoms with E-state index in [1.807, 2.05) is 41.4 Å². The third-order valence-electron chi connectivity index (χ3n) is 3.24. The van der Waals surface area contributed by atoms with Gasteiger partial charge in [0.05, 0.1) is 6.54 Å². The molecule has 0 N–H and O–H groups in total. The van der Waals surface area contributed by atoms with Crippen molar-refractivity contribution in [1.29, 1.82) is 0 Å². The Morgan fingerprint density at radius 3 is 2.94 bits per heavy atom. The summed E-state index contributed by atoms with van der Waals surface area (Å²) in [6.45, 7) is 4.70. The molecule has 0 saturated carbocycles. The molecule has 0 atom stereocenters. The molecule has 3 nitrogen and oxygen atoms in total. The fourth-order valence-electron chi connectivity index (χ4n) is 2.16. The molecule has 0 radical (unpaired) electrons. The summed E-state index contributed by atoms with van der Waals surface area (Å²) in [5, 5.41) is 0. The van der Waals surface area contributed by atoms with Gasteiger partial charge in [0, 0.05) is 24.6 Å². The van der Waals surface area contributed by atoms with Gasteiger partial charge >= 0.3 is 0 Å². The van der Waals surface area contributed by atoms with Gasteiger partial charge in [-0.1, -0.05) is 29.6 Å². The Labute approximate surface area is 117 Å². The lowest BCUT2D eigenvalue weighted by molar-refractivity contribution is -0.127. The van der Waals surface area contributed by atoms with Crippen molar-refractivity contribution < 1.29 is 4.79 Å². The number of carbonyl (C=O) groups is 1. The Bertz CT molecular complexity index is 347. The van der Waals surface area contributed by atoms with Crippen molar-refractivity contribution in [3.63, 3.8) is 0 Å². The topological polar surface area (TPSA) is 32.7 Å². The number of hydrogen-bond acceptors (Lipinski definition) is 4. The number of thioether (sulfide) groups is 2. The van der Waals surface area contributed by atoms with Crippen LogP contribution >= 0.6 is 23.5 Å². The minimum atomic E-state index is 0.166. The Morgan fingerprint density at radius 2 is 2.33 bits per heavy atom. The zero-order valence-corrected chi connectivity index (χ0v) is 12.4. The third-order valence-corrected chi connectivity index (χ3v) is 5.72. The first kappa shape index (κ1) is 14.0. The summed E-state index contributed by atoms with van der Waals surface area (Å²) in [5.41, 5.74) is 0. The summed E-state index contributed by atoms with van der Waals surface area (Å²) < 4.78 is 1.27. The lowest BCUT2D eigenvalue weighted by Gasteiger charge is -2.31. The van der Waals surface area contributed by atoms with Crippen LogP contribution in [0.2, 0.25) is 0 Å². The molecule has 1 saturated heterocycles. The molecule has 0 aromatic rings. The van der Waals surface area contributed by atoms with Gasteiger partial charge in [0.2, 0.25) is 5.91 Å². The number of hydrogen-bond donors (Lipinski definition) is 0. The number of nitrogens with zero attached hydrogens (tertiary/aromatic N) is 2. The number of amides is 1. The number of rotatable bonds is 3. The number of piperidine rings is 1. The van der Waals surface area contributed by atoms with Crippen molar-refractivity contribution in [3.8, 4) is 0 Å². The summed E-state index contributed by atoms with van der Waals surface area (Å²) in [7, 11) is 0. The molecule has 0 aliphatic carbocycles. The summed E-state index contributed by atoms with van der Waals surface area (Å²) in [6, 6.07) is 0. The van der Waals surface area contributed by atoms with E-state index in [0.29, 0.717) is 0 Å². The molecule has 2 rings (SSSR count). The first-order chi connectivity index (χ1) is 8.79. The zero-order valence-electron chi connectivity index (χ0n) is 10.8. The molecule has 0 bridgehead atoms. The van der Waals surface area contributed by atoms with Crippen LogP contribution in [0.1, 0.15) is 19.8 Å². The van der Waals surface area contributed by atoms with E-state index in [0.717, 1.165) is 49.9 Å². The molecule has 2 heterocycles. The maximum atomic E-state index is 11.7. The molecule has 2 aliphatic rings. The van der Waals surface area contributed by atoms with Crippen molar-refractivity contribution in [3.05, 3.63) is 12.2 Å². The Hall–Kier alpha value is -0.420. The number of aliphatic imine (C=N–C) groups is 1. The van der Waals surface area contributed by atoms with Crippen LogP contribution in [-0.4, -0.2) is 46.3 Å². The maximum Gasteiger partial charge on any atom is 0.246 e. The van der Waals surface area contributed by atoms with E-state index in [9.17, 15) is 4.79 Å². The second-order valence-corrected chi connectivity index (χ2v) is 6.93. The van der Waals surface area contributed by atoms with Gasteiger partial charge in [-0.3, -0.25) is 9.79 Å². The monoisotopic (exact) mass is 284 g/mol. The van der Waals surface area contributed by atoms with Crippen LogP contribution in [0.15, 0.2) is 17.1 Å². The molecule has 2 aliphatic heterocycles. The number of likely N-dealkylation sites (tertiary alicyclic amines) is 1. The average molecular weight is 284 g/mol. The van der Waals surface area contributed by atoms with E-state index in [2.05, 4.69) is 4.99 Å². The maximum absolute atomic E-state index is 11.7. The third kappa shape index (κ3) is 4.05. The fraction of sp³-hybridized carbons (Fsp3) is 0.692. The largest absolute Gasteiger partial charge is 0.339 e. The van der Waals surface area contributed by atoms with Gasteiger partial charge in [-0.05, 0) is 31.8 Å². The smallest absolute Gasteiger partial charge is 0.246 e. The van der Waals surface area contributed by atoms with E-state index in [1.165, 1.54) is 4.38 Å². The summed E-state index contributed by atoms with van der Waals surface area (Å²) in [4.78, 5) is 18.1. The molecule has 1 amide bonds. The predicted octanol–water partition coefficient (Wildman–Crippen LogP) is 2.64. The summed E-state index contributed by atoms with van der Waals surface area (Å²) in [5.74, 6) is 3.23. The molecule has 0 aromatic carbocycles. The van der Waals surface area contributed by atoms with Crippen LogP contribution in [0.5, 0.6) is 0 Å². The minimum absolute atomic E-state index is 0.166. The quantitative estimate of drug-likeness (QED) is 0.747. The van der Waals surface area contributed by atoms with Crippen LogP contribution in [0, 0.1) is 5.92 Å². The van der Waals surface area contributed by atoms with Gasteiger partial charge in [-0.25, -0.2) is 0 Å². The highest BCUT2D eigenvalue weighted by atomic mass is 32.2. The van der Waals surface area contributed by atoms with Crippen LogP contribution in [0.25, 0.3) is 0 Å². The highest BCUT2D eigenvalue weighted by molar-refractivity contribution is 8.39. The van der Waals surface area contributed by atoms with Gasteiger partial charge in [-0.2, -0.15) is 0 Å². The van der Waals surface area contributed by atoms with Crippen LogP contribution < -0.4 is 0 Å². The molecule has 5 heteroatoms. The second-order valence-electron chi connectivity index (χ2n) is 4.58. The van der Waals surface area contributed by atoms with E-state index >= 15 is 0 Å². The molecular weight excluding hydrogens is 264 g/mol. The highest BCUT2D eigenvalue weighted by Gasteiger charge is 2.22. The fourth-order valence-corrected chi connectivity index (χ4v) is 4.38. The molecule has 18 heavy (non-hydrogen) atoms. The SMILES string of the molecule is CC=CC(=O)N1CCC(CSC2=NCCS2)CC1. The normalized spacial score (nSPS) is 21.6.